The first-order valence-electron chi connectivity index (χ1n) is 32.5. The molecule has 0 unspecified atom stereocenters. The van der Waals surface area contributed by atoms with Gasteiger partial charge in [0.15, 0.2) is 17.1 Å². The molecule has 107 heavy (non-hydrogen) atoms. The quantitative estimate of drug-likeness (QED) is 0.0826. The van der Waals surface area contributed by atoms with Crippen molar-refractivity contribution in [3.8, 4) is 18.2 Å². The molecule has 0 bridgehead atoms. The van der Waals surface area contributed by atoms with Crippen molar-refractivity contribution in [1.82, 2.24) is 55.8 Å². The molecule has 3 saturated heterocycles. The number of anilines is 2. The summed E-state index contributed by atoms with van der Waals surface area (Å²) in [4.78, 5) is 65.1. The van der Waals surface area contributed by atoms with Gasteiger partial charge < -0.3 is 41.0 Å². The lowest BCUT2D eigenvalue weighted by Gasteiger charge is -2.40. The molecule has 5 N–H and O–H groups in total. The third kappa shape index (κ3) is 28.2. The highest BCUT2D eigenvalue weighted by Crippen LogP contribution is 2.42. The molecule has 0 saturated carbocycles. The summed E-state index contributed by atoms with van der Waals surface area (Å²) in [7, 11) is 0. The number of halogens is 11. The summed E-state index contributed by atoms with van der Waals surface area (Å²) in [6.07, 6.45) is 10.6. The van der Waals surface area contributed by atoms with Gasteiger partial charge in [0.05, 0.1) is 65.0 Å². The van der Waals surface area contributed by atoms with Crippen molar-refractivity contribution in [2.45, 2.75) is 168 Å². The summed E-state index contributed by atoms with van der Waals surface area (Å²) in [5.74, 6) is 1.33. The number of rotatable bonds is 12. The molecule has 3 fully saturated rings. The maximum Gasteiger partial charge on any atom is 0.408 e. The summed E-state index contributed by atoms with van der Waals surface area (Å²) >= 11 is 67.3. The van der Waals surface area contributed by atoms with Crippen molar-refractivity contribution in [2.24, 2.45) is 5.73 Å². The monoisotopic (exact) mass is 1830 g/mol. The molecule has 566 valence electrons. The molecule has 3 aliphatic heterocycles. The number of hydrogen-bond donors (Lipinski definition) is 4. The first-order chi connectivity index (χ1) is 50.4. The number of nitrogens with one attached hydrogen (secondary N) is 3. The Morgan fingerprint density at radius 3 is 1.14 bits per heavy atom. The molecule has 0 spiro atoms. The van der Waals surface area contributed by atoms with Crippen molar-refractivity contribution in [3.63, 3.8) is 0 Å². The SMILES string of the molecule is CC1(N)CCN(c2cnc(Sc3cccc(Cl)c3Cl)c(C#N)n2)CC1.CC1(NC(=O)OC(C)(C)C)CCN(c2cnc(Sc3cccc(Cl)c3Cl)c(C#N)n2)CC1.CC1(NC(=O)OC(C)(C)C)CCNCC1.Clc1cnc(Sc2cccc(Cl)c2Cl)c(I)n1.N#Cc1nc(Cl)cnc1Sc1cccc(Cl)c1Cl. The first kappa shape index (κ1) is 89.0. The predicted octanol–water partition coefficient (Wildman–Crippen LogP) is 21.1. The first-order valence-corrected chi connectivity index (χ1v) is 40.7. The molecule has 7 heterocycles. The Morgan fingerprint density at radius 2 is 0.794 bits per heavy atom. The lowest BCUT2D eigenvalue weighted by atomic mass is 9.90. The van der Waals surface area contributed by atoms with Gasteiger partial charge in [-0.05, 0) is 185 Å². The van der Waals surface area contributed by atoms with Gasteiger partial charge in [-0.3, -0.25) is 0 Å². The van der Waals surface area contributed by atoms with Crippen LogP contribution < -0.4 is 31.5 Å². The third-order valence-corrected chi connectivity index (χ3v) is 24.8. The molecule has 2 amide bonds. The normalized spacial score (nSPS) is 14.9. The van der Waals surface area contributed by atoms with E-state index < -0.39 is 17.3 Å². The summed E-state index contributed by atoms with van der Waals surface area (Å²) < 4.78 is 11.4. The van der Waals surface area contributed by atoms with Gasteiger partial charge in [0.1, 0.15) is 75.2 Å². The van der Waals surface area contributed by atoms with Crippen molar-refractivity contribution < 1.29 is 19.1 Å². The molecule has 4 aromatic carbocycles. The minimum atomic E-state index is -0.542. The molecular weight excluding hydrogens is 1760 g/mol. The molecular formula is C71H72Cl10IN17O4S4. The van der Waals surface area contributed by atoms with Gasteiger partial charge in [0, 0.05) is 62.4 Å². The molecule has 4 aromatic heterocycles. The molecule has 0 aliphatic carbocycles. The second-order valence-corrected chi connectivity index (χ2v) is 35.7. The number of nitrogens with two attached hydrogens (primary N) is 1. The van der Waals surface area contributed by atoms with Crippen LogP contribution in [0.15, 0.2) is 137 Å². The lowest BCUT2D eigenvalue weighted by molar-refractivity contribution is 0.0433. The number of benzene rings is 4. The van der Waals surface area contributed by atoms with E-state index in [2.05, 4.69) is 114 Å². The zero-order valence-electron chi connectivity index (χ0n) is 59.0. The second-order valence-electron chi connectivity index (χ2n) is 26.6. The third-order valence-electron chi connectivity index (χ3n) is 15.4. The Labute approximate surface area is 703 Å². The van der Waals surface area contributed by atoms with E-state index in [1.807, 2.05) is 84.9 Å². The average Bonchev–Trinajstić information content (AvgIpc) is 0.813. The highest BCUT2D eigenvalue weighted by Gasteiger charge is 2.35. The van der Waals surface area contributed by atoms with E-state index in [1.54, 1.807) is 54.9 Å². The van der Waals surface area contributed by atoms with Crippen LogP contribution in [0.1, 0.15) is 118 Å². The van der Waals surface area contributed by atoms with Crippen LogP contribution in [0, 0.1) is 37.7 Å². The number of piperidine rings is 3. The van der Waals surface area contributed by atoms with Crippen molar-refractivity contribution in [1.29, 1.82) is 15.8 Å². The zero-order chi connectivity index (χ0) is 78.6. The Bertz CT molecular complexity index is 4580. The number of ether oxygens (including phenoxy) is 2. The predicted molar refractivity (Wildman–Crippen MR) is 440 cm³/mol. The van der Waals surface area contributed by atoms with E-state index in [9.17, 15) is 20.1 Å². The van der Waals surface area contributed by atoms with Gasteiger partial charge in [-0.1, -0.05) is 187 Å². The number of hydrogen-bond acceptors (Lipinski definition) is 23. The number of carbonyl (C=O) groups excluding carboxylic acids is 2. The van der Waals surface area contributed by atoms with Crippen LogP contribution >= 0.6 is 186 Å². The van der Waals surface area contributed by atoms with Gasteiger partial charge in [0.2, 0.25) is 0 Å². The molecule has 8 aromatic rings. The summed E-state index contributed by atoms with van der Waals surface area (Å²) in [5, 5.41) is 43.6. The van der Waals surface area contributed by atoms with E-state index in [0.717, 1.165) is 70.4 Å². The van der Waals surface area contributed by atoms with Crippen LogP contribution in [0.3, 0.4) is 0 Å². The second kappa shape index (κ2) is 40.8. The average molecular weight is 1840 g/mol. The number of carbonyl (C=O) groups is 2. The largest absolute Gasteiger partial charge is 0.444 e. The topological polar surface area (TPSA) is 296 Å². The van der Waals surface area contributed by atoms with Crippen LogP contribution in [0.5, 0.6) is 0 Å². The standard InChI is InChI=1S/C22H25Cl2N5O2S.C17H17Cl2N5S.C11H4Cl3N3S.C11H22N2O2.C10H4Cl3IN2S/c1-21(2,3)31-20(30)28-22(4)8-10-29(11-9-22)17-13-26-19(15(12-25)27-17)32-16-7-5-6-14(23)18(16)24;1-17(21)5-7-24(8-6-17)14-10-22-16(12(9-20)23-14)25-13-4-2-3-11(18)15(13)19;12-6-2-1-3-8(10(6)14)18-11-7(4-15)17-9(13)5-16-11;1-10(2,3)15-9(14)13-11(4)5-7-12-8-6-11;11-5-2-1-3-6(8(5)13)17-10-9(14)16-7(12)4-15-10/h5-7,13H,8-11H2,1-4H3,(H,28,30);2-4,10H,5-8,21H2,1H3;1-3,5H;12H,5-8H2,1-4H3,(H,13,14);1-4H. The maximum absolute atomic E-state index is 12.2. The Hall–Kier alpha value is -5.24. The summed E-state index contributed by atoms with van der Waals surface area (Å²) in [6.45, 7) is 22.1. The van der Waals surface area contributed by atoms with Crippen LogP contribution in [0.2, 0.25) is 50.5 Å². The maximum atomic E-state index is 12.2. The molecule has 36 heteroatoms. The minimum absolute atomic E-state index is 0.117. The van der Waals surface area contributed by atoms with Crippen molar-refractivity contribution in [2.75, 3.05) is 49.1 Å². The van der Waals surface area contributed by atoms with E-state index in [0.29, 0.717) is 108 Å². The van der Waals surface area contributed by atoms with Gasteiger partial charge in [-0.25, -0.2) is 49.5 Å². The van der Waals surface area contributed by atoms with Crippen LogP contribution in [-0.2, 0) is 9.47 Å². The van der Waals surface area contributed by atoms with E-state index in [1.165, 1.54) is 59.4 Å². The Balaban J connectivity index is 0.000000192. The number of nitriles is 3. The Morgan fingerprint density at radius 1 is 0.486 bits per heavy atom. The highest BCUT2D eigenvalue weighted by atomic mass is 127. The fraction of sp³-hybridized carbons (Fsp3) is 0.366. The number of aromatic nitrogens is 8. The number of amides is 2. The van der Waals surface area contributed by atoms with Crippen molar-refractivity contribution >= 4 is 209 Å². The summed E-state index contributed by atoms with van der Waals surface area (Å²) in [6, 6.07) is 27.6. The fourth-order valence-corrected chi connectivity index (χ4v) is 16.1. The number of alkyl carbamates (subject to hydrolysis) is 2. The smallest absolute Gasteiger partial charge is 0.408 e. The van der Waals surface area contributed by atoms with E-state index in [-0.39, 0.29) is 44.9 Å². The molecule has 11 rings (SSSR count). The van der Waals surface area contributed by atoms with E-state index in [4.69, 9.17) is 136 Å². The van der Waals surface area contributed by atoms with Gasteiger partial charge in [-0.15, -0.1) is 0 Å². The lowest BCUT2D eigenvalue weighted by Crippen LogP contribution is -2.54. The van der Waals surface area contributed by atoms with Crippen molar-refractivity contribution in [3.05, 3.63) is 169 Å². The molecule has 3 aliphatic rings. The minimum Gasteiger partial charge on any atom is -0.444 e. The van der Waals surface area contributed by atoms with Crippen LogP contribution in [-0.4, -0.2) is 119 Å². The van der Waals surface area contributed by atoms with E-state index >= 15 is 0 Å². The van der Waals surface area contributed by atoms with Gasteiger partial charge >= 0.3 is 12.2 Å². The van der Waals surface area contributed by atoms with Gasteiger partial charge in [0.25, 0.3) is 0 Å². The molecule has 21 nitrogen and oxygen atoms in total. The number of nitrogens with zero attached hydrogens (tertiary/aromatic N) is 13. The summed E-state index contributed by atoms with van der Waals surface area (Å²) in [5.41, 5.74) is 5.24. The van der Waals surface area contributed by atoms with Crippen LogP contribution in [0.25, 0.3) is 0 Å². The molecule has 0 atom stereocenters. The molecule has 0 radical (unpaired) electrons. The van der Waals surface area contributed by atoms with Crippen LogP contribution in [0.4, 0.5) is 21.2 Å². The van der Waals surface area contributed by atoms with Gasteiger partial charge in [-0.2, -0.15) is 15.8 Å². The zero-order valence-corrected chi connectivity index (χ0v) is 72.0. The fourth-order valence-electron chi connectivity index (χ4n) is 9.72. The Kier molecular flexibility index (Phi) is 33.9. The highest BCUT2D eigenvalue weighted by molar-refractivity contribution is 14.1.